The molecule has 1 N–H and O–H groups in total. The molecule has 228 valence electrons. The van der Waals surface area contributed by atoms with Gasteiger partial charge in [-0.2, -0.15) is 13.2 Å². The number of para-hydroxylation sites is 1. The Morgan fingerprint density at radius 3 is 2.48 bits per heavy atom. The van der Waals surface area contributed by atoms with E-state index in [0.717, 1.165) is 32.9 Å². The molecule has 0 amide bonds. The minimum atomic E-state index is -4.84. The highest BCUT2D eigenvalue weighted by Gasteiger charge is 2.35. The van der Waals surface area contributed by atoms with E-state index in [-0.39, 0.29) is 48.2 Å². The second-order valence-electron chi connectivity index (χ2n) is 9.41. The molecule has 0 spiro atoms. The Balaban J connectivity index is 1.87. The molecule has 0 aliphatic heterocycles. The molecule has 0 bridgehead atoms. The number of esters is 1. The van der Waals surface area contributed by atoms with E-state index in [9.17, 15) is 31.9 Å². The number of nitrogens with zero attached hydrogens (tertiary/aromatic N) is 2. The molecule has 0 unspecified atom stereocenters. The average Bonchev–Trinajstić information content (AvgIpc) is 2.95. The molecular weight excluding hydrogens is 626 g/mol. The van der Waals surface area contributed by atoms with Crippen molar-refractivity contribution in [3.05, 3.63) is 96.0 Å². The third kappa shape index (κ3) is 7.88. The van der Waals surface area contributed by atoms with Gasteiger partial charge in [-0.15, -0.1) is 0 Å². The van der Waals surface area contributed by atoms with Crippen LogP contribution in [0, 0.1) is 12.7 Å². The number of carbonyl (C=O) groups is 1. The zero-order valence-electron chi connectivity index (χ0n) is 23.4. The fourth-order valence-electron chi connectivity index (χ4n) is 4.54. The van der Waals surface area contributed by atoms with Gasteiger partial charge >= 0.3 is 17.8 Å². The van der Waals surface area contributed by atoms with Crippen LogP contribution in [0.25, 0.3) is 0 Å². The van der Waals surface area contributed by atoms with Crippen molar-refractivity contribution >= 4 is 21.9 Å². The lowest BCUT2D eigenvalue weighted by Gasteiger charge is -2.22. The lowest BCUT2D eigenvalue weighted by molar-refractivity contribution is -0.143. The van der Waals surface area contributed by atoms with Crippen LogP contribution in [0.4, 0.5) is 17.6 Å². The van der Waals surface area contributed by atoms with Crippen LogP contribution in [0.5, 0.6) is 5.75 Å². The molecule has 42 heavy (non-hydrogen) atoms. The highest BCUT2D eigenvalue weighted by molar-refractivity contribution is 9.10. The SMILES string of the molecule is CCOC(=O)CCCOc1ccccc1[C@H](CCn1c(=O)c(Br)c(C)n(Cc2c(F)cccc2C(F)(F)F)c1=O)NC. The first-order valence-electron chi connectivity index (χ1n) is 13.3. The molecule has 3 aromatic rings. The maximum Gasteiger partial charge on any atom is 0.416 e. The topological polar surface area (TPSA) is 91.6 Å². The quantitative estimate of drug-likeness (QED) is 0.151. The van der Waals surface area contributed by atoms with Crippen molar-refractivity contribution in [3.63, 3.8) is 0 Å². The second kappa shape index (κ2) is 14.6. The van der Waals surface area contributed by atoms with Crippen molar-refractivity contribution in [1.82, 2.24) is 14.5 Å². The van der Waals surface area contributed by atoms with Crippen LogP contribution in [0.1, 0.15) is 54.6 Å². The number of hydrogen-bond acceptors (Lipinski definition) is 6. The van der Waals surface area contributed by atoms with Crippen LogP contribution in [0.15, 0.2) is 56.5 Å². The Bertz CT molecular complexity index is 1520. The van der Waals surface area contributed by atoms with Gasteiger partial charge in [0, 0.05) is 35.8 Å². The molecule has 2 aromatic carbocycles. The van der Waals surface area contributed by atoms with Crippen LogP contribution in [0.2, 0.25) is 0 Å². The Labute approximate surface area is 248 Å². The standard InChI is InChI=1S/C29H32BrF4N3O5/c1-4-41-25(38)13-8-16-42-24-12-6-5-9-19(24)23(35-3)14-15-36-27(39)26(30)18(2)37(28(36)40)17-20-21(29(32,33)34)10-7-11-22(20)31/h5-7,9-12,23,35H,4,8,13-17H2,1-3H3/t23-/m0/s1. The fourth-order valence-corrected chi connectivity index (χ4v) is 4.97. The first kappa shape index (κ1) is 33.1. The highest BCUT2D eigenvalue weighted by Crippen LogP contribution is 2.33. The Morgan fingerprint density at radius 1 is 1.10 bits per heavy atom. The molecule has 1 heterocycles. The zero-order chi connectivity index (χ0) is 31.0. The Hall–Kier alpha value is -3.45. The van der Waals surface area contributed by atoms with E-state index >= 15 is 0 Å². The molecular formula is C29H32BrF4N3O5. The third-order valence-electron chi connectivity index (χ3n) is 6.73. The summed E-state index contributed by atoms with van der Waals surface area (Å²) in [5, 5.41) is 3.14. The Kier molecular flexibility index (Phi) is 11.5. The summed E-state index contributed by atoms with van der Waals surface area (Å²) in [6, 6.07) is 9.39. The molecule has 13 heteroatoms. The summed E-state index contributed by atoms with van der Waals surface area (Å²) in [7, 11) is 1.70. The monoisotopic (exact) mass is 657 g/mol. The predicted molar refractivity (Wildman–Crippen MR) is 152 cm³/mol. The summed E-state index contributed by atoms with van der Waals surface area (Å²) in [5.41, 5.74) is -2.60. The largest absolute Gasteiger partial charge is 0.493 e. The van der Waals surface area contributed by atoms with Gasteiger partial charge in [-0.3, -0.25) is 18.7 Å². The van der Waals surface area contributed by atoms with E-state index < -0.39 is 40.9 Å². The summed E-state index contributed by atoms with van der Waals surface area (Å²) >= 11 is 3.16. The van der Waals surface area contributed by atoms with Gasteiger partial charge in [-0.25, -0.2) is 9.18 Å². The average molecular weight is 658 g/mol. The molecule has 0 fully saturated rings. The molecule has 3 rings (SSSR count). The Morgan fingerprint density at radius 2 is 1.81 bits per heavy atom. The first-order chi connectivity index (χ1) is 19.9. The van der Waals surface area contributed by atoms with Crippen LogP contribution in [0.3, 0.4) is 0 Å². The number of benzene rings is 2. The second-order valence-corrected chi connectivity index (χ2v) is 10.2. The van der Waals surface area contributed by atoms with Gasteiger partial charge in [0.15, 0.2) is 0 Å². The molecule has 0 saturated carbocycles. The molecule has 0 radical (unpaired) electrons. The van der Waals surface area contributed by atoms with Crippen LogP contribution in [-0.4, -0.2) is 35.4 Å². The highest BCUT2D eigenvalue weighted by atomic mass is 79.9. The van der Waals surface area contributed by atoms with E-state index in [0.29, 0.717) is 18.8 Å². The van der Waals surface area contributed by atoms with Gasteiger partial charge in [-0.1, -0.05) is 24.3 Å². The smallest absolute Gasteiger partial charge is 0.416 e. The van der Waals surface area contributed by atoms with Crippen molar-refractivity contribution < 1.29 is 31.8 Å². The van der Waals surface area contributed by atoms with E-state index in [1.807, 2.05) is 6.07 Å². The van der Waals surface area contributed by atoms with Gasteiger partial charge in [0.2, 0.25) is 0 Å². The van der Waals surface area contributed by atoms with Crippen LogP contribution in [-0.2, 0) is 28.8 Å². The van der Waals surface area contributed by atoms with Crippen molar-refractivity contribution in [3.8, 4) is 5.75 Å². The number of nitrogens with one attached hydrogen (secondary N) is 1. The molecule has 0 aliphatic carbocycles. The lowest BCUT2D eigenvalue weighted by atomic mass is 10.0. The van der Waals surface area contributed by atoms with Crippen molar-refractivity contribution in [2.24, 2.45) is 0 Å². The minimum Gasteiger partial charge on any atom is -0.493 e. The molecule has 0 saturated heterocycles. The van der Waals surface area contributed by atoms with Gasteiger partial charge < -0.3 is 14.8 Å². The van der Waals surface area contributed by atoms with Crippen LogP contribution >= 0.6 is 15.9 Å². The number of aromatic nitrogens is 2. The fraction of sp³-hybridized carbons (Fsp3) is 0.414. The van der Waals surface area contributed by atoms with E-state index in [4.69, 9.17) is 9.47 Å². The van der Waals surface area contributed by atoms with Crippen molar-refractivity contribution in [2.45, 2.75) is 58.4 Å². The molecule has 1 aromatic heterocycles. The zero-order valence-corrected chi connectivity index (χ0v) is 25.0. The number of carbonyl (C=O) groups excluding carboxylic acids is 1. The van der Waals surface area contributed by atoms with Gasteiger partial charge in [-0.05, 0) is 67.9 Å². The molecule has 1 atom stereocenters. The van der Waals surface area contributed by atoms with E-state index in [1.165, 1.54) is 6.92 Å². The summed E-state index contributed by atoms with van der Waals surface area (Å²) in [4.78, 5) is 38.1. The van der Waals surface area contributed by atoms with Gasteiger partial charge in [0.1, 0.15) is 16.0 Å². The summed E-state index contributed by atoms with van der Waals surface area (Å²) in [6.45, 7) is 2.88. The maximum absolute atomic E-state index is 14.6. The lowest BCUT2D eigenvalue weighted by Crippen LogP contribution is -2.42. The number of hydrogen-bond donors (Lipinski definition) is 1. The normalized spacial score (nSPS) is 12.3. The van der Waals surface area contributed by atoms with Crippen molar-refractivity contribution in [2.75, 3.05) is 20.3 Å². The third-order valence-corrected chi connectivity index (χ3v) is 7.64. The summed E-state index contributed by atoms with van der Waals surface area (Å²) in [5.74, 6) is -0.874. The predicted octanol–water partition coefficient (Wildman–Crippen LogP) is 5.36. The number of alkyl halides is 3. The first-order valence-corrected chi connectivity index (χ1v) is 14.1. The summed E-state index contributed by atoms with van der Waals surface area (Å²) < 4.78 is 68.1. The minimum absolute atomic E-state index is 0.0154. The number of rotatable bonds is 13. The molecule has 8 nitrogen and oxygen atoms in total. The number of ether oxygens (including phenoxy) is 2. The summed E-state index contributed by atoms with van der Waals surface area (Å²) in [6.07, 6.45) is -3.95. The van der Waals surface area contributed by atoms with Gasteiger partial charge in [0.05, 0.1) is 25.3 Å². The van der Waals surface area contributed by atoms with Crippen molar-refractivity contribution in [1.29, 1.82) is 0 Å². The number of halogens is 5. The van der Waals surface area contributed by atoms with E-state index in [1.54, 1.807) is 32.2 Å². The van der Waals surface area contributed by atoms with E-state index in [2.05, 4.69) is 21.2 Å². The molecule has 0 aliphatic rings. The van der Waals surface area contributed by atoms with Gasteiger partial charge in [0.25, 0.3) is 5.56 Å². The van der Waals surface area contributed by atoms with Crippen LogP contribution < -0.4 is 21.3 Å². The maximum atomic E-state index is 14.6.